The van der Waals surface area contributed by atoms with E-state index < -0.39 is 11.9 Å². The quantitative estimate of drug-likeness (QED) is 0.415. The number of carbonyl (C=O) groups is 3. The lowest BCUT2D eigenvalue weighted by molar-refractivity contribution is -0.126. The van der Waals surface area contributed by atoms with E-state index in [-0.39, 0.29) is 28.6 Å². The van der Waals surface area contributed by atoms with Gasteiger partial charge in [0.2, 0.25) is 0 Å². The van der Waals surface area contributed by atoms with E-state index in [9.17, 15) is 14.4 Å². The molecule has 3 fully saturated rings. The number of nitrogens with two attached hydrogens (primary N) is 2. The summed E-state index contributed by atoms with van der Waals surface area (Å²) in [6.45, 7) is 9.14. The third-order valence-corrected chi connectivity index (χ3v) is 8.83. The minimum atomic E-state index is -0.754. The number of imide groups is 1. The summed E-state index contributed by atoms with van der Waals surface area (Å²) >= 11 is 6.38. The van der Waals surface area contributed by atoms with Crippen LogP contribution in [0.25, 0.3) is 0 Å². The van der Waals surface area contributed by atoms with Gasteiger partial charge in [-0.2, -0.15) is 0 Å². The number of urea groups is 1. The number of primary amides is 1. The number of likely N-dealkylation sites (N-methyl/N-ethyl adjacent to an activating group) is 1. The van der Waals surface area contributed by atoms with Gasteiger partial charge in [0, 0.05) is 45.3 Å². The van der Waals surface area contributed by atoms with E-state index in [2.05, 4.69) is 49.0 Å². The van der Waals surface area contributed by atoms with Crippen LogP contribution in [0.4, 0.5) is 16.4 Å². The molecular weight excluding hydrogens is 546 g/mol. The predicted octanol–water partition coefficient (Wildman–Crippen LogP) is 1.91. The summed E-state index contributed by atoms with van der Waals surface area (Å²) in [7, 11) is 1.51. The van der Waals surface area contributed by atoms with Crippen LogP contribution in [-0.4, -0.2) is 94.4 Å². The first-order valence-electron chi connectivity index (χ1n) is 14.1. The SMILES string of the molecule is CC[C@H]1CN(c2nc(N)c(C(N)=O)nc2Cl)CCN1C1CCN(Cc2ccc(C)cc2C2NC(=O)N(C)C2=O)CC1. The third-order valence-electron chi connectivity index (χ3n) is 8.58. The summed E-state index contributed by atoms with van der Waals surface area (Å²) in [5, 5.41) is 2.96. The van der Waals surface area contributed by atoms with Crippen LogP contribution >= 0.6 is 11.6 Å². The first-order chi connectivity index (χ1) is 19.6. The maximum Gasteiger partial charge on any atom is 0.324 e. The van der Waals surface area contributed by atoms with E-state index in [4.69, 9.17) is 23.1 Å². The maximum atomic E-state index is 12.7. The molecule has 0 aliphatic carbocycles. The van der Waals surface area contributed by atoms with Crippen LogP contribution < -0.4 is 21.7 Å². The van der Waals surface area contributed by atoms with Gasteiger partial charge in [-0.25, -0.2) is 14.8 Å². The summed E-state index contributed by atoms with van der Waals surface area (Å²) in [5.74, 6) is -0.498. The Labute approximate surface area is 245 Å². The molecule has 0 bridgehead atoms. The number of nitrogen functional groups attached to an aromatic ring is 1. The highest BCUT2D eigenvalue weighted by atomic mass is 35.5. The normalized spacial score (nSPS) is 22.8. The highest BCUT2D eigenvalue weighted by molar-refractivity contribution is 6.32. The minimum absolute atomic E-state index is 0.0109. The van der Waals surface area contributed by atoms with Crippen molar-refractivity contribution in [3.05, 3.63) is 45.7 Å². The molecule has 0 spiro atoms. The largest absolute Gasteiger partial charge is 0.382 e. The van der Waals surface area contributed by atoms with Crippen molar-refractivity contribution in [2.45, 2.75) is 57.8 Å². The Morgan fingerprint density at radius 2 is 1.88 bits per heavy atom. The second kappa shape index (κ2) is 11.8. The summed E-state index contributed by atoms with van der Waals surface area (Å²) in [4.78, 5) is 53.1. The zero-order valence-electron chi connectivity index (χ0n) is 23.8. The van der Waals surface area contributed by atoms with Crippen molar-refractivity contribution in [3.8, 4) is 0 Å². The second-order valence-corrected chi connectivity index (χ2v) is 11.5. The molecule has 2 aromatic rings. The fourth-order valence-corrected chi connectivity index (χ4v) is 6.52. The Hall–Kier alpha value is -3.48. The molecular formula is C28H38ClN9O3. The fourth-order valence-electron chi connectivity index (χ4n) is 6.27. The molecule has 12 nitrogen and oxygen atoms in total. The van der Waals surface area contributed by atoms with Crippen molar-refractivity contribution in [1.82, 2.24) is 30.0 Å². The van der Waals surface area contributed by atoms with E-state index in [0.717, 1.165) is 80.1 Å². The maximum absolute atomic E-state index is 12.7. The number of hydrogen-bond acceptors (Lipinski definition) is 9. The predicted molar refractivity (Wildman–Crippen MR) is 156 cm³/mol. The lowest BCUT2D eigenvalue weighted by atomic mass is 9.95. The van der Waals surface area contributed by atoms with E-state index in [1.807, 2.05) is 13.0 Å². The van der Waals surface area contributed by atoms with Crippen molar-refractivity contribution < 1.29 is 14.4 Å². The molecule has 0 radical (unpaired) electrons. The molecule has 1 aromatic heterocycles. The molecule has 220 valence electrons. The molecule has 41 heavy (non-hydrogen) atoms. The number of piperidine rings is 1. The highest BCUT2D eigenvalue weighted by Crippen LogP contribution is 2.31. The van der Waals surface area contributed by atoms with Crippen molar-refractivity contribution in [2.75, 3.05) is 50.4 Å². The number of benzene rings is 1. The van der Waals surface area contributed by atoms with Gasteiger partial charge in [-0.15, -0.1) is 0 Å². The standard InChI is InChI=1S/C28H38ClN9O3/c1-4-18-15-37(26-23(29)32-22(25(31)39)24(30)34-26)11-12-38(18)19-7-9-36(10-8-19)14-17-6-5-16(2)13-20(17)21-27(40)35(3)28(41)33-21/h5-6,13,18-19,21H,4,7-12,14-15H2,1-3H3,(H2,30,34)(H2,31,39)(H,33,41)/t18-,21?/m0/s1. The molecule has 4 amide bonds. The Bertz CT molecular complexity index is 1350. The van der Waals surface area contributed by atoms with E-state index in [1.54, 1.807) is 0 Å². The molecule has 0 saturated carbocycles. The molecule has 3 aliphatic heterocycles. The molecule has 5 rings (SSSR count). The van der Waals surface area contributed by atoms with Crippen molar-refractivity contribution in [1.29, 1.82) is 0 Å². The molecule has 4 heterocycles. The second-order valence-electron chi connectivity index (χ2n) is 11.2. The first-order valence-corrected chi connectivity index (χ1v) is 14.5. The van der Waals surface area contributed by atoms with Crippen molar-refractivity contribution in [3.63, 3.8) is 0 Å². The molecule has 1 aromatic carbocycles. The number of aryl methyl sites for hydroxylation is 1. The molecule has 3 saturated heterocycles. The third kappa shape index (κ3) is 5.81. The number of likely N-dealkylation sites (tertiary alicyclic amines) is 1. The summed E-state index contributed by atoms with van der Waals surface area (Å²) in [5.41, 5.74) is 14.2. The number of amides is 4. The van der Waals surface area contributed by atoms with Crippen molar-refractivity contribution >= 4 is 41.1 Å². The zero-order chi connectivity index (χ0) is 29.4. The van der Waals surface area contributed by atoms with Crippen LogP contribution in [0.2, 0.25) is 5.15 Å². The van der Waals surface area contributed by atoms with Crippen LogP contribution in [0.1, 0.15) is 59.4 Å². The first kappa shape index (κ1) is 29.0. The molecule has 2 atom stereocenters. The average molecular weight is 584 g/mol. The highest BCUT2D eigenvalue weighted by Gasteiger charge is 2.38. The van der Waals surface area contributed by atoms with Gasteiger partial charge in [-0.05, 0) is 50.4 Å². The molecule has 1 unspecified atom stereocenters. The van der Waals surface area contributed by atoms with Crippen LogP contribution in [-0.2, 0) is 11.3 Å². The Morgan fingerprint density at radius 3 is 2.51 bits per heavy atom. The molecule has 13 heteroatoms. The Kier molecular flexibility index (Phi) is 8.35. The van der Waals surface area contributed by atoms with Gasteiger partial charge < -0.3 is 21.7 Å². The van der Waals surface area contributed by atoms with Gasteiger partial charge in [0.15, 0.2) is 22.5 Å². The summed E-state index contributed by atoms with van der Waals surface area (Å²) in [6.07, 6.45) is 3.06. The number of aromatic nitrogens is 2. The monoisotopic (exact) mass is 583 g/mol. The molecule has 5 N–H and O–H groups in total. The van der Waals surface area contributed by atoms with Gasteiger partial charge in [0.05, 0.1) is 0 Å². The van der Waals surface area contributed by atoms with Crippen LogP contribution in [0.15, 0.2) is 18.2 Å². The van der Waals surface area contributed by atoms with Gasteiger partial charge in [0.25, 0.3) is 11.8 Å². The number of rotatable bonds is 7. The van der Waals surface area contributed by atoms with E-state index in [1.165, 1.54) is 7.05 Å². The number of halogens is 1. The number of nitrogens with one attached hydrogen (secondary N) is 1. The van der Waals surface area contributed by atoms with Gasteiger partial charge in [0.1, 0.15) is 6.04 Å². The fraction of sp³-hybridized carbons (Fsp3) is 0.536. The van der Waals surface area contributed by atoms with Gasteiger partial charge >= 0.3 is 6.03 Å². The Balaban J connectivity index is 1.22. The number of piperazine rings is 1. The number of anilines is 2. The van der Waals surface area contributed by atoms with E-state index >= 15 is 0 Å². The number of nitrogens with zero attached hydrogens (tertiary/aromatic N) is 6. The lowest BCUT2D eigenvalue weighted by Crippen LogP contribution is -2.58. The minimum Gasteiger partial charge on any atom is -0.382 e. The Morgan fingerprint density at radius 1 is 1.15 bits per heavy atom. The molecule has 3 aliphatic rings. The lowest BCUT2D eigenvalue weighted by Gasteiger charge is -2.47. The summed E-state index contributed by atoms with van der Waals surface area (Å²) in [6, 6.07) is 5.94. The van der Waals surface area contributed by atoms with Crippen LogP contribution in [0.3, 0.4) is 0 Å². The number of hydrogen-bond donors (Lipinski definition) is 3. The smallest absolute Gasteiger partial charge is 0.324 e. The van der Waals surface area contributed by atoms with E-state index in [0.29, 0.717) is 17.9 Å². The van der Waals surface area contributed by atoms with Crippen LogP contribution in [0.5, 0.6) is 0 Å². The average Bonchev–Trinajstić information content (AvgIpc) is 3.22. The number of carbonyl (C=O) groups excluding carboxylic acids is 3. The van der Waals surface area contributed by atoms with Crippen LogP contribution in [0, 0.1) is 6.92 Å². The topological polar surface area (TPSA) is 154 Å². The van der Waals surface area contributed by atoms with Crippen molar-refractivity contribution in [2.24, 2.45) is 5.73 Å². The summed E-state index contributed by atoms with van der Waals surface area (Å²) < 4.78 is 0. The van der Waals surface area contributed by atoms with Gasteiger partial charge in [-0.1, -0.05) is 42.3 Å². The zero-order valence-corrected chi connectivity index (χ0v) is 24.5. The van der Waals surface area contributed by atoms with Gasteiger partial charge in [-0.3, -0.25) is 24.3 Å².